The number of nitrogens with one attached hydrogen (secondary N) is 2. The molecule has 7 heteroatoms. The minimum Gasteiger partial charge on any atom is -0.352 e. The van der Waals surface area contributed by atoms with Crippen molar-refractivity contribution < 1.29 is 14.4 Å². The topological polar surface area (TPSA) is 105 Å². The van der Waals surface area contributed by atoms with Gasteiger partial charge in [-0.1, -0.05) is 18.2 Å². The van der Waals surface area contributed by atoms with E-state index in [4.69, 9.17) is 5.73 Å². The number of likely N-dealkylation sites (tertiary alicyclic amines) is 1. The summed E-state index contributed by atoms with van der Waals surface area (Å²) in [5, 5.41) is 5.63. The van der Waals surface area contributed by atoms with Gasteiger partial charge in [0.25, 0.3) is 5.91 Å². The van der Waals surface area contributed by atoms with Gasteiger partial charge >= 0.3 is 6.03 Å². The highest BCUT2D eigenvalue weighted by molar-refractivity contribution is 5.96. The maximum absolute atomic E-state index is 12.6. The van der Waals surface area contributed by atoms with Crippen molar-refractivity contribution >= 4 is 17.8 Å². The molecule has 0 aromatic heterocycles. The molecule has 3 rings (SSSR count). The van der Waals surface area contributed by atoms with Crippen LogP contribution in [0.25, 0.3) is 0 Å². The number of carbonyl (C=O) groups excluding carboxylic acids is 3. The van der Waals surface area contributed by atoms with E-state index in [-0.39, 0.29) is 17.9 Å². The standard InChI is InChI=1S/C18H24N4O3/c1-12-4-2-3-5-14(12)15(23)20-13-6-10-22(11-7-13)16(24)18(8-9-18)21-17(19)25/h2-5,13H,6-11H2,1H3,(H,20,23)(H3,19,21,25). The number of rotatable bonds is 4. The highest BCUT2D eigenvalue weighted by atomic mass is 16.2. The third-order valence-electron chi connectivity index (χ3n) is 5.03. The quantitative estimate of drug-likeness (QED) is 0.756. The lowest BCUT2D eigenvalue weighted by molar-refractivity contribution is -0.135. The lowest BCUT2D eigenvalue weighted by atomic mass is 10.0. The highest BCUT2D eigenvalue weighted by Gasteiger charge is 2.53. The Balaban J connectivity index is 1.52. The number of hydrogen-bond acceptors (Lipinski definition) is 3. The summed E-state index contributed by atoms with van der Waals surface area (Å²) in [4.78, 5) is 37.8. The first-order valence-electron chi connectivity index (χ1n) is 8.65. The van der Waals surface area contributed by atoms with Crippen molar-refractivity contribution in [3.05, 3.63) is 35.4 Å². The van der Waals surface area contributed by atoms with Crippen LogP contribution in [-0.4, -0.2) is 47.4 Å². The Morgan fingerprint density at radius 3 is 2.36 bits per heavy atom. The molecule has 1 heterocycles. The minimum atomic E-state index is -0.789. The molecule has 2 aliphatic rings. The van der Waals surface area contributed by atoms with Gasteiger partial charge in [-0.2, -0.15) is 0 Å². The fourth-order valence-electron chi connectivity index (χ4n) is 3.37. The van der Waals surface area contributed by atoms with Crippen molar-refractivity contribution in [2.45, 2.75) is 44.2 Å². The van der Waals surface area contributed by atoms with Crippen molar-refractivity contribution in [2.75, 3.05) is 13.1 Å². The summed E-state index contributed by atoms with van der Waals surface area (Å²) < 4.78 is 0. The third-order valence-corrected chi connectivity index (χ3v) is 5.03. The third kappa shape index (κ3) is 3.75. The largest absolute Gasteiger partial charge is 0.352 e. The number of urea groups is 1. The van der Waals surface area contributed by atoms with E-state index in [0.29, 0.717) is 44.3 Å². The first-order chi connectivity index (χ1) is 11.9. The molecule has 1 saturated heterocycles. The van der Waals surface area contributed by atoms with E-state index in [0.717, 1.165) is 5.56 Å². The van der Waals surface area contributed by atoms with E-state index >= 15 is 0 Å². The number of benzene rings is 1. The average Bonchev–Trinajstić information content (AvgIpc) is 3.35. The Kier molecular flexibility index (Phi) is 4.65. The molecule has 4 amide bonds. The van der Waals surface area contributed by atoms with Gasteiger partial charge in [-0.05, 0) is 44.2 Å². The van der Waals surface area contributed by atoms with Crippen molar-refractivity contribution in [2.24, 2.45) is 5.73 Å². The number of aryl methyl sites for hydroxylation is 1. The van der Waals surface area contributed by atoms with E-state index < -0.39 is 11.6 Å². The smallest absolute Gasteiger partial charge is 0.313 e. The molecule has 0 unspecified atom stereocenters. The molecule has 0 atom stereocenters. The summed E-state index contributed by atoms with van der Waals surface area (Å²) in [6.07, 6.45) is 2.68. The highest BCUT2D eigenvalue weighted by Crippen LogP contribution is 2.37. The van der Waals surface area contributed by atoms with Crippen LogP contribution in [0.5, 0.6) is 0 Å². The maximum atomic E-state index is 12.6. The van der Waals surface area contributed by atoms with Gasteiger partial charge in [0.1, 0.15) is 5.54 Å². The monoisotopic (exact) mass is 344 g/mol. The lowest BCUT2D eigenvalue weighted by Gasteiger charge is -2.34. The van der Waals surface area contributed by atoms with Crippen LogP contribution >= 0.6 is 0 Å². The van der Waals surface area contributed by atoms with Gasteiger partial charge < -0.3 is 21.3 Å². The SMILES string of the molecule is Cc1ccccc1C(=O)NC1CCN(C(=O)C2(NC(N)=O)CC2)CC1. The van der Waals surface area contributed by atoms with E-state index in [9.17, 15) is 14.4 Å². The van der Waals surface area contributed by atoms with Crippen LogP contribution < -0.4 is 16.4 Å². The summed E-state index contributed by atoms with van der Waals surface area (Å²) in [6, 6.07) is 6.88. The Morgan fingerprint density at radius 1 is 1.16 bits per heavy atom. The van der Waals surface area contributed by atoms with E-state index in [1.54, 1.807) is 4.90 Å². The number of carbonyl (C=O) groups is 3. The number of amides is 4. The van der Waals surface area contributed by atoms with Crippen molar-refractivity contribution in [3.63, 3.8) is 0 Å². The van der Waals surface area contributed by atoms with E-state index in [1.807, 2.05) is 31.2 Å². The minimum absolute atomic E-state index is 0.0513. The molecule has 1 saturated carbocycles. The molecule has 0 bridgehead atoms. The van der Waals surface area contributed by atoms with Crippen molar-refractivity contribution in [1.82, 2.24) is 15.5 Å². The summed E-state index contributed by atoms with van der Waals surface area (Å²) in [5.41, 5.74) is 6.00. The average molecular weight is 344 g/mol. The van der Waals surface area contributed by atoms with Crippen LogP contribution in [0.3, 0.4) is 0 Å². The van der Waals surface area contributed by atoms with Crippen LogP contribution in [0.15, 0.2) is 24.3 Å². The van der Waals surface area contributed by atoms with E-state index in [1.165, 1.54) is 0 Å². The summed E-state index contributed by atoms with van der Waals surface area (Å²) in [5.74, 6) is -0.132. The number of piperidine rings is 1. The number of nitrogens with two attached hydrogens (primary N) is 1. The van der Waals surface area contributed by atoms with Crippen molar-refractivity contribution in [1.29, 1.82) is 0 Å². The number of hydrogen-bond donors (Lipinski definition) is 3. The Bertz CT molecular complexity index is 691. The first-order valence-corrected chi connectivity index (χ1v) is 8.65. The Hall–Kier alpha value is -2.57. The Morgan fingerprint density at radius 2 is 1.80 bits per heavy atom. The predicted molar refractivity (Wildman–Crippen MR) is 92.9 cm³/mol. The normalized spacial score (nSPS) is 19.2. The van der Waals surface area contributed by atoms with Gasteiger partial charge in [0.05, 0.1) is 0 Å². The van der Waals surface area contributed by atoms with Gasteiger partial charge in [0.2, 0.25) is 5.91 Å². The molecule has 1 aromatic rings. The molecule has 1 aromatic carbocycles. The summed E-state index contributed by atoms with van der Waals surface area (Å²) in [7, 11) is 0. The van der Waals surface area contributed by atoms with Gasteiger partial charge in [-0.15, -0.1) is 0 Å². The first kappa shape index (κ1) is 17.3. The second-order valence-corrected chi connectivity index (χ2v) is 6.93. The van der Waals surface area contributed by atoms with Crippen LogP contribution in [0.2, 0.25) is 0 Å². The lowest BCUT2D eigenvalue weighted by Crippen LogP contribution is -2.55. The molecule has 1 aliphatic heterocycles. The Labute approximate surface area is 146 Å². The van der Waals surface area contributed by atoms with Crippen LogP contribution in [-0.2, 0) is 4.79 Å². The fourth-order valence-corrected chi connectivity index (χ4v) is 3.37. The second-order valence-electron chi connectivity index (χ2n) is 6.93. The molecule has 0 spiro atoms. The molecular formula is C18H24N4O3. The molecule has 4 N–H and O–H groups in total. The van der Waals surface area contributed by atoms with Gasteiger partial charge in [-0.25, -0.2) is 4.79 Å². The predicted octanol–water partition coefficient (Wildman–Crippen LogP) is 0.917. The molecular weight excluding hydrogens is 320 g/mol. The van der Waals surface area contributed by atoms with Gasteiger partial charge in [0, 0.05) is 24.7 Å². The zero-order valence-corrected chi connectivity index (χ0v) is 14.4. The van der Waals surface area contributed by atoms with Crippen LogP contribution in [0.4, 0.5) is 4.79 Å². The van der Waals surface area contributed by atoms with Gasteiger partial charge in [0.15, 0.2) is 0 Å². The molecule has 25 heavy (non-hydrogen) atoms. The fraction of sp³-hybridized carbons (Fsp3) is 0.500. The molecule has 7 nitrogen and oxygen atoms in total. The maximum Gasteiger partial charge on any atom is 0.313 e. The number of primary amides is 1. The van der Waals surface area contributed by atoms with Gasteiger partial charge in [-0.3, -0.25) is 9.59 Å². The molecule has 0 radical (unpaired) electrons. The summed E-state index contributed by atoms with van der Waals surface area (Å²) >= 11 is 0. The van der Waals surface area contributed by atoms with Crippen LogP contribution in [0, 0.1) is 6.92 Å². The second kappa shape index (κ2) is 6.74. The molecule has 134 valence electrons. The number of nitrogens with zero attached hydrogens (tertiary/aromatic N) is 1. The zero-order valence-electron chi connectivity index (χ0n) is 14.4. The van der Waals surface area contributed by atoms with Crippen molar-refractivity contribution in [3.8, 4) is 0 Å². The summed E-state index contributed by atoms with van der Waals surface area (Å²) in [6.45, 7) is 3.05. The van der Waals surface area contributed by atoms with Crippen LogP contribution in [0.1, 0.15) is 41.6 Å². The van der Waals surface area contributed by atoms with E-state index in [2.05, 4.69) is 10.6 Å². The zero-order chi connectivity index (χ0) is 18.0. The molecule has 1 aliphatic carbocycles. The molecule has 2 fully saturated rings.